The van der Waals surface area contributed by atoms with Crippen LogP contribution in [0.2, 0.25) is 0 Å². The van der Waals surface area contributed by atoms with Crippen LogP contribution in [0.15, 0.2) is 41.1 Å². The fourth-order valence-corrected chi connectivity index (χ4v) is 2.87. The van der Waals surface area contributed by atoms with Gasteiger partial charge >= 0.3 is 0 Å². The summed E-state index contributed by atoms with van der Waals surface area (Å²) in [6.45, 7) is 4.51. The number of allylic oxidation sites excluding steroid dienone is 1. The van der Waals surface area contributed by atoms with Gasteiger partial charge in [0, 0.05) is 11.0 Å². The van der Waals surface area contributed by atoms with Crippen molar-refractivity contribution in [1.29, 1.82) is 0 Å². The lowest BCUT2D eigenvalue weighted by molar-refractivity contribution is 0.831. The Kier molecular flexibility index (Phi) is 2.84. The number of hydrogen-bond acceptors (Lipinski definition) is 2. The molecule has 14 heavy (non-hydrogen) atoms. The molecule has 0 radical (unpaired) electrons. The van der Waals surface area contributed by atoms with E-state index in [1.807, 2.05) is 24.7 Å². The van der Waals surface area contributed by atoms with Gasteiger partial charge in [-0.25, -0.2) is 4.98 Å². The van der Waals surface area contributed by atoms with Crippen molar-refractivity contribution in [3.05, 3.63) is 41.1 Å². The largest absolute Gasteiger partial charge is 0.326 e. The minimum absolute atomic E-state index is 0.791. The van der Waals surface area contributed by atoms with Gasteiger partial charge in [0.15, 0.2) is 0 Å². The molecule has 0 amide bonds. The SMILES string of the molecule is C=CCn1cncc1-c1sccc1Br. The third-order valence-corrected chi connectivity index (χ3v) is 3.75. The number of nitrogens with zero attached hydrogens (tertiary/aromatic N) is 2. The maximum absolute atomic E-state index is 4.14. The molecule has 2 aromatic heterocycles. The molecule has 2 rings (SSSR count). The quantitative estimate of drug-likeness (QED) is 0.779. The van der Waals surface area contributed by atoms with Gasteiger partial charge in [0.25, 0.3) is 0 Å². The first-order chi connectivity index (χ1) is 6.83. The van der Waals surface area contributed by atoms with E-state index in [0.29, 0.717) is 0 Å². The first-order valence-electron chi connectivity index (χ1n) is 4.17. The maximum atomic E-state index is 4.14. The lowest BCUT2D eigenvalue weighted by atomic mass is 10.3. The van der Waals surface area contributed by atoms with Crippen LogP contribution >= 0.6 is 27.3 Å². The fraction of sp³-hybridized carbons (Fsp3) is 0.100. The Morgan fingerprint density at radius 3 is 3.14 bits per heavy atom. The van der Waals surface area contributed by atoms with E-state index in [0.717, 1.165) is 16.7 Å². The maximum Gasteiger partial charge on any atom is 0.0954 e. The average Bonchev–Trinajstić information content (AvgIpc) is 2.74. The summed E-state index contributed by atoms with van der Waals surface area (Å²) >= 11 is 5.22. The molecule has 4 heteroatoms. The Morgan fingerprint density at radius 1 is 1.64 bits per heavy atom. The van der Waals surface area contributed by atoms with Crippen molar-refractivity contribution in [2.24, 2.45) is 0 Å². The zero-order chi connectivity index (χ0) is 9.97. The highest BCUT2D eigenvalue weighted by atomic mass is 79.9. The molecule has 2 heterocycles. The number of imidazole rings is 1. The monoisotopic (exact) mass is 268 g/mol. The van der Waals surface area contributed by atoms with E-state index in [1.54, 1.807) is 11.3 Å². The van der Waals surface area contributed by atoms with Crippen molar-refractivity contribution >= 4 is 27.3 Å². The van der Waals surface area contributed by atoms with Gasteiger partial charge in [-0.3, -0.25) is 0 Å². The van der Waals surface area contributed by atoms with Crippen LogP contribution in [-0.4, -0.2) is 9.55 Å². The highest BCUT2D eigenvalue weighted by Gasteiger charge is 2.08. The lowest BCUT2D eigenvalue weighted by Gasteiger charge is -2.03. The predicted molar refractivity (Wildman–Crippen MR) is 63.4 cm³/mol. The molecule has 0 N–H and O–H groups in total. The summed E-state index contributed by atoms with van der Waals surface area (Å²) in [4.78, 5) is 5.35. The third kappa shape index (κ3) is 1.67. The minimum atomic E-state index is 0.791. The number of thiophene rings is 1. The smallest absolute Gasteiger partial charge is 0.0954 e. The summed E-state index contributed by atoms with van der Waals surface area (Å²) in [5, 5.41) is 2.06. The number of aromatic nitrogens is 2. The standard InChI is InChI=1S/C10H9BrN2S/c1-2-4-13-7-12-6-9(13)10-8(11)3-5-14-10/h2-3,5-7H,1,4H2. The summed E-state index contributed by atoms with van der Waals surface area (Å²) in [6.07, 6.45) is 5.57. The van der Waals surface area contributed by atoms with Crippen LogP contribution in [0.1, 0.15) is 0 Å². The second kappa shape index (κ2) is 4.11. The van der Waals surface area contributed by atoms with Crippen molar-refractivity contribution < 1.29 is 0 Å². The number of hydrogen-bond donors (Lipinski definition) is 0. The van der Waals surface area contributed by atoms with Gasteiger partial charge in [0.2, 0.25) is 0 Å². The first kappa shape index (κ1) is 9.68. The number of halogens is 1. The van der Waals surface area contributed by atoms with Crippen LogP contribution in [0.25, 0.3) is 10.6 Å². The molecule has 0 spiro atoms. The van der Waals surface area contributed by atoms with Crippen LogP contribution in [0.5, 0.6) is 0 Å². The average molecular weight is 269 g/mol. The van der Waals surface area contributed by atoms with Crippen molar-refractivity contribution in [1.82, 2.24) is 9.55 Å². The summed E-state index contributed by atoms with van der Waals surface area (Å²) < 4.78 is 3.19. The van der Waals surface area contributed by atoms with Gasteiger partial charge in [0.1, 0.15) is 0 Å². The molecule has 0 aromatic carbocycles. The van der Waals surface area contributed by atoms with Crippen LogP contribution in [0, 0.1) is 0 Å². The van der Waals surface area contributed by atoms with Gasteiger partial charge in [-0.15, -0.1) is 17.9 Å². The van der Waals surface area contributed by atoms with Crippen molar-refractivity contribution in [3.63, 3.8) is 0 Å². The van der Waals surface area contributed by atoms with E-state index in [9.17, 15) is 0 Å². The topological polar surface area (TPSA) is 17.8 Å². The molecule has 0 unspecified atom stereocenters. The third-order valence-electron chi connectivity index (χ3n) is 1.89. The Bertz CT molecular complexity index is 444. The van der Waals surface area contributed by atoms with Crippen LogP contribution < -0.4 is 0 Å². The normalized spacial score (nSPS) is 10.4. The molecule has 0 saturated carbocycles. The molecule has 2 nitrogen and oxygen atoms in total. The molecule has 72 valence electrons. The predicted octanol–water partition coefficient (Wildman–Crippen LogP) is 3.56. The molecule has 0 aliphatic heterocycles. The van der Waals surface area contributed by atoms with Crippen LogP contribution in [0.3, 0.4) is 0 Å². The van der Waals surface area contributed by atoms with E-state index < -0.39 is 0 Å². The second-order valence-electron chi connectivity index (χ2n) is 2.82. The fourth-order valence-electron chi connectivity index (χ4n) is 1.27. The molecule has 0 aliphatic carbocycles. The van der Waals surface area contributed by atoms with Crippen LogP contribution in [0.4, 0.5) is 0 Å². The van der Waals surface area contributed by atoms with Gasteiger partial charge in [-0.2, -0.15) is 0 Å². The first-order valence-corrected chi connectivity index (χ1v) is 5.84. The molecule has 0 bridgehead atoms. The van der Waals surface area contributed by atoms with Crippen molar-refractivity contribution in [3.8, 4) is 10.6 Å². The van der Waals surface area contributed by atoms with E-state index >= 15 is 0 Å². The Balaban J connectivity index is 2.46. The zero-order valence-corrected chi connectivity index (χ0v) is 9.88. The Labute approximate surface area is 95.0 Å². The zero-order valence-electron chi connectivity index (χ0n) is 7.48. The summed E-state index contributed by atoms with van der Waals surface area (Å²) in [6, 6.07) is 2.05. The van der Waals surface area contributed by atoms with E-state index in [-0.39, 0.29) is 0 Å². The van der Waals surface area contributed by atoms with Gasteiger partial charge in [0.05, 0.1) is 23.1 Å². The summed E-state index contributed by atoms with van der Waals surface area (Å²) in [7, 11) is 0. The molecular formula is C10H9BrN2S. The molecule has 0 fully saturated rings. The Morgan fingerprint density at radius 2 is 2.50 bits per heavy atom. The second-order valence-corrected chi connectivity index (χ2v) is 4.59. The highest BCUT2D eigenvalue weighted by molar-refractivity contribution is 9.10. The number of rotatable bonds is 3. The molecule has 0 saturated heterocycles. The Hall–Kier alpha value is -0.870. The molecule has 0 aliphatic rings. The van der Waals surface area contributed by atoms with Gasteiger partial charge in [-0.1, -0.05) is 6.08 Å². The molecule has 2 aromatic rings. The molecule has 0 atom stereocenters. The lowest BCUT2D eigenvalue weighted by Crippen LogP contribution is -1.94. The van der Waals surface area contributed by atoms with Crippen LogP contribution in [-0.2, 0) is 6.54 Å². The van der Waals surface area contributed by atoms with Crippen molar-refractivity contribution in [2.45, 2.75) is 6.54 Å². The summed E-state index contributed by atoms with van der Waals surface area (Å²) in [5.74, 6) is 0. The van der Waals surface area contributed by atoms with E-state index in [1.165, 1.54) is 4.88 Å². The minimum Gasteiger partial charge on any atom is -0.326 e. The van der Waals surface area contributed by atoms with E-state index in [4.69, 9.17) is 0 Å². The summed E-state index contributed by atoms with van der Waals surface area (Å²) in [5.41, 5.74) is 1.13. The van der Waals surface area contributed by atoms with E-state index in [2.05, 4.69) is 37.4 Å². The van der Waals surface area contributed by atoms with Crippen molar-refractivity contribution in [2.75, 3.05) is 0 Å². The van der Waals surface area contributed by atoms with Gasteiger partial charge in [-0.05, 0) is 27.4 Å². The highest BCUT2D eigenvalue weighted by Crippen LogP contribution is 2.33. The molecular weight excluding hydrogens is 260 g/mol. The van der Waals surface area contributed by atoms with Gasteiger partial charge < -0.3 is 4.57 Å².